The molecule has 1 atom stereocenters. The Morgan fingerprint density at radius 3 is 2.65 bits per heavy atom. The zero-order valence-corrected chi connectivity index (χ0v) is 11.8. The second-order valence-electron chi connectivity index (χ2n) is 6.27. The fourth-order valence-electron chi connectivity index (χ4n) is 3.67. The van der Waals surface area contributed by atoms with Gasteiger partial charge in [0.1, 0.15) is 0 Å². The number of nitrogens with zero attached hydrogens (tertiary/aromatic N) is 1. The van der Waals surface area contributed by atoms with Gasteiger partial charge in [-0.25, -0.2) is 0 Å². The topological polar surface area (TPSA) is 15.3 Å². The fourth-order valence-corrected chi connectivity index (χ4v) is 3.67. The van der Waals surface area contributed by atoms with Crippen molar-refractivity contribution in [2.75, 3.05) is 26.2 Å². The molecule has 1 aliphatic carbocycles. The van der Waals surface area contributed by atoms with Gasteiger partial charge in [0.25, 0.3) is 0 Å². The molecule has 0 aromatic carbocycles. The molecule has 2 nitrogen and oxygen atoms in total. The molecule has 0 aromatic heterocycles. The molecule has 2 fully saturated rings. The highest BCUT2D eigenvalue weighted by Crippen LogP contribution is 2.30. The van der Waals surface area contributed by atoms with Crippen LogP contribution >= 0.6 is 0 Å². The van der Waals surface area contributed by atoms with Crippen LogP contribution in [0.2, 0.25) is 0 Å². The summed E-state index contributed by atoms with van der Waals surface area (Å²) in [7, 11) is 0. The van der Waals surface area contributed by atoms with Gasteiger partial charge >= 0.3 is 0 Å². The molecule has 1 N–H and O–H groups in total. The number of hydrogen-bond acceptors (Lipinski definition) is 2. The van der Waals surface area contributed by atoms with Gasteiger partial charge in [-0.05, 0) is 44.1 Å². The molecule has 1 heterocycles. The third-order valence-electron chi connectivity index (χ3n) is 4.64. The average molecular weight is 238 g/mol. The van der Waals surface area contributed by atoms with Crippen LogP contribution in [0.1, 0.15) is 52.4 Å². The number of rotatable bonds is 3. The van der Waals surface area contributed by atoms with Gasteiger partial charge in [0, 0.05) is 25.7 Å². The largest absolute Gasteiger partial charge is 0.315 e. The van der Waals surface area contributed by atoms with Gasteiger partial charge in [-0.2, -0.15) is 0 Å². The first-order chi connectivity index (χ1) is 8.29. The Bertz CT molecular complexity index is 209. The fraction of sp³-hybridized carbons (Fsp3) is 1.00. The summed E-state index contributed by atoms with van der Waals surface area (Å²) in [6.07, 6.45) is 8.72. The van der Waals surface area contributed by atoms with E-state index in [1.54, 1.807) is 0 Å². The number of nitrogens with one attached hydrogen (secondary N) is 1. The van der Waals surface area contributed by atoms with Gasteiger partial charge in [-0.1, -0.05) is 26.7 Å². The smallest absolute Gasteiger partial charge is 0.0110 e. The predicted octanol–water partition coefficient (Wildman–Crippen LogP) is 2.89. The van der Waals surface area contributed by atoms with Gasteiger partial charge in [-0.3, -0.25) is 4.90 Å². The van der Waals surface area contributed by atoms with E-state index in [0.29, 0.717) is 0 Å². The van der Waals surface area contributed by atoms with Crippen LogP contribution in [-0.2, 0) is 0 Å². The predicted molar refractivity (Wildman–Crippen MR) is 74.3 cm³/mol. The van der Waals surface area contributed by atoms with E-state index >= 15 is 0 Å². The Balaban J connectivity index is 1.78. The molecule has 100 valence electrons. The van der Waals surface area contributed by atoms with E-state index in [1.807, 2.05) is 0 Å². The zero-order chi connectivity index (χ0) is 12.1. The first kappa shape index (κ1) is 13.4. The molecule has 0 bridgehead atoms. The number of hydrogen-bond donors (Lipinski definition) is 1. The van der Waals surface area contributed by atoms with Crippen molar-refractivity contribution in [2.24, 2.45) is 11.8 Å². The maximum absolute atomic E-state index is 3.55. The summed E-state index contributed by atoms with van der Waals surface area (Å²) in [5.41, 5.74) is 0. The molecule has 2 heteroatoms. The Morgan fingerprint density at radius 1 is 1.18 bits per heavy atom. The lowest BCUT2D eigenvalue weighted by molar-refractivity contribution is 0.130. The third kappa shape index (κ3) is 3.96. The second-order valence-corrected chi connectivity index (χ2v) is 6.27. The van der Waals surface area contributed by atoms with E-state index in [4.69, 9.17) is 0 Å². The summed E-state index contributed by atoms with van der Waals surface area (Å²) in [5, 5.41) is 3.55. The summed E-state index contributed by atoms with van der Waals surface area (Å²) >= 11 is 0. The highest BCUT2D eigenvalue weighted by Gasteiger charge is 2.27. The maximum Gasteiger partial charge on any atom is 0.0110 e. The van der Waals surface area contributed by atoms with E-state index in [2.05, 4.69) is 24.1 Å². The van der Waals surface area contributed by atoms with Crippen molar-refractivity contribution in [1.82, 2.24) is 10.2 Å². The minimum absolute atomic E-state index is 0.825. The van der Waals surface area contributed by atoms with Crippen molar-refractivity contribution < 1.29 is 0 Å². The van der Waals surface area contributed by atoms with Crippen LogP contribution in [0.25, 0.3) is 0 Å². The molecule has 17 heavy (non-hydrogen) atoms. The molecule has 1 unspecified atom stereocenters. The summed E-state index contributed by atoms with van der Waals surface area (Å²) < 4.78 is 0. The molecule has 1 saturated carbocycles. The molecule has 0 radical (unpaired) electrons. The Hall–Kier alpha value is -0.0800. The molecule has 0 aromatic rings. The molecular formula is C15H30N2. The summed E-state index contributed by atoms with van der Waals surface area (Å²) in [6, 6.07) is 0.894. The first-order valence-corrected chi connectivity index (χ1v) is 7.74. The van der Waals surface area contributed by atoms with Gasteiger partial charge in [0.2, 0.25) is 0 Å². The van der Waals surface area contributed by atoms with Crippen molar-refractivity contribution in [3.05, 3.63) is 0 Å². The van der Waals surface area contributed by atoms with Gasteiger partial charge < -0.3 is 5.32 Å². The first-order valence-electron chi connectivity index (χ1n) is 7.74. The quantitative estimate of drug-likeness (QED) is 0.813. The third-order valence-corrected chi connectivity index (χ3v) is 4.64. The Morgan fingerprint density at radius 2 is 1.94 bits per heavy atom. The lowest BCUT2D eigenvalue weighted by Gasteiger charge is -2.37. The van der Waals surface area contributed by atoms with Crippen molar-refractivity contribution in [3.8, 4) is 0 Å². The van der Waals surface area contributed by atoms with Gasteiger partial charge in [-0.15, -0.1) is 0 Å². The molecule has 2 rings (SSSR count). The van der Waals surface area contributed by atoms with Gasteiger partial charge in [0.05, 0.1) is 0 Å². The van der Waals surface area contributed by atoms with E-state index < -0.39 is 0 Å². The van der Waals surface area contributed by atoms with Crippen molar-refractivity contribution in [2.45, 2.75) is 58.4 Å². The highest BCUT2D eigenvalue weighted by molar-refractivity contribution is 4.82. The second kappa shape index (κ2) is 6.75. The molecule has 2 aliphatic rings. The minimum atomic E-state index is 0.825. The highest BCUT2D eigenvalue weighted by atomic mass is 15.2. The molecular weight excluding hydrogens is 208 g/mol. The van der Waals surface area contributed by atoms with E-state index in [-0.39, 0.29) is 0 Å². The summed E-state index contributed by atoms with van der Waals surface area (Å²) in [4.78, 5) is 2.77. The molecule has 1 saturated heterocycles. The van der Waals surface area contributed by atoms with Crippen LogP contribution in [0.4, 0.5) is 0 Å². The van der Waals surface area contributed by atoms with Crippen molar-refractivity contribution in [1.29, 1.82) is 0 Å². The van der Waals surface area contributed by atoms with Crippen LogP contribution in [-0.4, -0.2) is 37.1 Å². The van der Waals surface area contributed by atoms with Crippen LogP contribution in [0.3, 0.4) is 0 Å². The standard InChI is InChI=1S/C15H30N2/c1-3-4-14-5-7-15(8-6-14)17-10-9-16-11-13(2)12-17/h13-16H,3-12H2,1-2H3. The minimum Gasteiger partial charge on any atom is -0.315 e. The maximum atomic E-state index is 3.55. The monoisotopic (exact) mass is 238 g/mol. The summed E-state index contributed by atoms with van der Waals surface area (Å²) in [6.45, 7) is 9.70. The van der Waals surface area contributed by atoms with Crippen molar-refractivity contribution >= 4 is 0 Å². The van der Waals surface area contributed by atoms with E-state index in [0.717, 1.165) is 17.9 Å². The molecule has 0 amide bonds. The Kier molecular flexibility index (Phi) is 5.30. The lowest BCUT2D eigenvalue weighted by Crippen LogP contribution is -2.41. The lowest BCUT2D eigenvalue weighted by atomic mass is 9.83. The van der Waals surface area contributed by atoms with E-state index in [1.165, 1.54) is 64.7 Å². The Labute approximate surface area is 107 Å². The average Bonchev–Trinajstić information content (AvgIpc) is 2.55. The normalized spacial score (nSPS) is 36.7. The van der Waals surface area contributed by atoms with Crippen LogP contribution in [0.5, 0.6) is 0 Å². The summed E-state index contributed by atoms with van der Waals surface area (Å²) in [5.74, 6) is 1.87. The molecule has 1 aliphatic heterocycles. The van der Waals surface area contributed by atoms with Gasteiger partial charge in [0.15, 0.2) is 0 Å². The van der Waals surface area contributed by atoms with E-state index in [9.17, 15) is 0 Å². The van der Waals surface area contributed by atoms with Crippen LogP contribution < -0.4 is 5.32 Å². The zero-order valence-electron chi connectivity index (χ0n) is 11.8. The van der Waals surface area contributed by atoms with Crippen LogP contribution in [0.15, 0.2) is 0 Å². The van der Waals surface area contributed by atoms with Crippen molar-refractivity contribution in [3.63, 3.8) is 0 Å². The SMILES string of the molecule is CCCC1CCC(N2CCNCC(C)C2)CC1. The van der Waals surface area contributed by atoms with Crippen LogP contribution in [0, 0.1) is 11.8 Å². The molecule has 0 spiro atoms.